The van der Waals surface area contributed by atoms with Gasteiger partial charge in [-0.3, -0.25) is 4.79 Å². The van der Waals surface area contributed by atoms with Gasteiger partial charge in [0.2, 0.25) is 5.91 Å². The van der Waals surface area contributed by atoms with Gasteiger partial charge in [-0.2, -0.15) is 5.10 Å². The van der Waals surface area contributed by atoms with Crippen LogP contribution in [-0.4, -0.2) is 27.3 Å². The number of hydrogen-bond donors (Lipinski definition) is 1. The number of pyridine rings is 1. The van der Waals surface area contributed by atoms with Crippen LogP contribution < -0.4 is 10.1 Å². The Morgan fingerprint density at radius 1 is 1.15 bits per heavy atom. The maximum Gasteiger partial charge on any atom is 0.220 e. The van der Waals surface area contributed by atoms with E-state index < -0.39 is 0 Å². The standard InChI is InChI=1S/C20H22N4O2/c1-16-7-9-18(10-8-16)26-14-3-6-19(25)22-15-17-5-2-11-21-20(17)24-13-4-12-23-24/h2,4-5,7-13H,3,6,14-15H2,1H3,(H,22,25). The highest BCUT2D eigenvalue weighted by atomic mass is 16.5. The van der Waals surface area contributed by atoms with Gasteiger partial charge in [-0.25, -0.2) is 9.67 Å². The van der Waals surface area contributed by atoms with Crippen LogP contribution in [0.2, 0.25) is 0 Å². The second kappa shape index (κ2) is 8.80. The topological polar surface area (TPSA) is 69.0 Å². The first-order valence-electron chi connectivity index (χ1n) is 8.62. The lowest BCUT2D eigenvalue weighted by atomic mass is 10.2. The van der Waals surface area contributed by atoms with E-state index >= 15 is 0 Å². The predicted octanol–water partition coefficient (Wildman–Crippen LogP) is 3.05. The lowest BCUT2D eigenvalue weighted by Gasteiger charge is -2.10. The highest BCUT2D eigenvalue weighted by Gasteiger charge is 2.08. The number of carbonyl (C=O) groups is 1. The lowest BCUT2D eigenvalue weighted by molar-refractivity contribution is -0.121. The van der Waals surface area contributed by atoms with E-state index in [2.05, 4.69) is 15.4 Å². The SMILES string of the molecule is Cc1ccc(OCCCC(=O)NCc2cccnc2-n2cccn2)cc1. The van der Waals surface area contributed by atoms with Crippen molar-refractivity contribution in [3.05, 3.63) is 72.2 Å². The molecule has 0 bridgehead atoms. The molecule has 2 aromatic heterocycles. The lowest BCUT2D eigenvalue weighted by Crippen LogP contribution is -2.24. The predicted molar refractivity (Wildman–Crippen MR) is 99.1 cm³/mol. The molecule has 6 nitrogen and oxygen atoms in total. The van der Waals surface area contributed by atoms with Crippen LogP contribution in [-0.2, 0) is 11.3 Å². The summed E-state index contributed by atoms with van der Waals surface area (Å²) >= 11 is 0. The van der Waals surface area contributed by atoms with Crippen molar-refractivity contribution in [2.45, 2.75) is 26.3 Å². The number of nitrogens with one attached hydrogen (secondary N) is 1. The Morgan fingerprint density at radius 3 is 2.77 bits per heavy atom. The van der Waals surface area contributed by atoms with Gasteiger partial charge in [-0.1, -0.05) is 23.8 Å². The minimum absolute atomic E-state index is 0.00669. The molecule has 26 heavy (non-hydrogen) atoms. The molecular formula is C20H22N4O2. The average Bonchev–Trinajstić information content (AvgIpc) is 3.20. The summed E-state index contributed by atoms with van der Waals surface area (Å²) in [7, 11) is 0. The van der Waals surface area contributed by atoms with E-state index in [4.69, 9.17) is 4.74 Å². The zero-order valence-electron chi connectivity index (χ0n) is 14.8. The number of rotatable bonds is 8. The smallest absolute Gasteiger partial charge is 0.220 e. The number of nitrogens with zero attached hydrogens (tertiary/aromatic N) is 3. The van der Waals surface area contributed by atoms with E-state index in [9.17, 15) is 4.79 Å². The molecule has 1 N–H and O–H groups in total. The van der Waals surface area contributed by atoms with Crippen molar-refractivity contribution in [1.82, 2.24) is 20.1 Å². The fourth-order valence-corrected chi connectivity index (χ4v) is 2.51. The minimum Gasteiger partial charge on any atom is -0.494 e. The second-order valence-electron chi connectivity index (χ2n) is 5.98. The van der Waals surface area contributed by atoms with Crippen molar-refractivity contribution in [3.63, 3.8) is 0 Å². The summed E-state index contributed by atoms with van der Waals surface area (Å²) in [6, 6.07) is 13.5. The van der Waals surface area contributed by atoms with Crippen molar-refractivity contribution in [1.29, 1.82) is 0 Å². The molecule has 0 atom stereocenters. The Labute approximate surface area is 152 Å². The maximum atomic E-state index is 12.1. The molecule has 0 unspecified atom stereocenters. The van der Waals surface area contributed by atoms with Crippen molar-refractivity contribution < 1.29 is 9.53 Å². The van der Waals surface area contributed by atoms with E-state index in [0.717, 1.165) is 17.1 Å². The molecule has 0 saturated heterocycles. The molecule has 0 aliphatic carbocycles. The fraction of sp³-hybridized carbons (Fsp3) is 0.250. The summed E-state index contributed by atoms with van der Waals surface area (Å²) in [5.74, 6) is 1.54. The molecule has 0 saturated carbocycles. The van der Waals surface area contributed by atoms with Gasteiger partial charge in [0.1, 0.15) is 5.75 Å². The third-order valence-electron chi connectivity index (χ3n) is 3.90. The number of hydrogen-bond acceptors (Lipinski definition) is 4. The van der Waals surface area contributed by atoms with Crippen LogP contribution in [0.1, 0.15) is 24.0 Å². The Morgan fingerprint density at radius 2 is 2.00 bits per heavy atom. The summed E-state index contributed by atoms with van der Waals surface area (Å²) in [6.45, 7) is 2.97. The number of benzene rings is 1. The van der Waals surface area contributed by atoms with E-state index in [1.807, 2.05) is 55.6 Å². The van der Waals surface area contributed by atoms with Crippen molar-refractivity contribution in [2.24, 2.45) is 0 Å². The summed E-state index contributed by atoms with van der Waals surface area (Å²) in [4.78, 5) is 16.4. The average molecular weight is 350 g/mol. The number of carbonyl (C=O) groups excluding carboxylic acids is 1. The second-order valence-corrected chi connectivity index (χ2v) is 5.98. The van der Waals surface area contributed by atoms with Crippen molar-refractivity contribution >= 4 is 5.91 Å². The molecular weight excluding hydrogens is 328 g/mol. The van der Waals surface area contributed by atoms with Crippen LogP contribution in [0.15, 0.2) is 61.1 Å². The zero-order valence-corrected chi connectivity index (χ0v) is 14.8. The monoisotopic (exact) mass is 350 g/mol. The Hall–Kier alpha value is -3.15. The zero-order chi connectivity index (χ0) is 18.2. The van der Waals surface area contributed by atoms with Gasteiger partial charge in [0.15, 0.2) is 5.82 Å². The summed E-state index contributed by atoms with van der Waals surface area (Å²) in [5.41, 5.74) is 2.11. The molecule has 0 radical (unpaired) electrons. The van der Waals surface area contributed by atoms with E-state index in [1.165, 1.54) is 5.56 Å². The highest BCUT2D eigenvalue weighted by Crippen LogP contribution is 2.12. The normalized spacial score (nSPS) is 10.5. The van der Waals surface area contributed by atoms with Crippen LogP contribution >= 0.6 is 0 Å². The number of aromatic nitrogens is 3. The summed E-state index contributed by atoms with van der Waals surface area (Å²) < 4.78 is 7.33. The van der Waals surface area contributed by atoms with Gasteiger partial charge >= 0.3 is 0 Å². The van der Waals surface area contributed by atoms with Crippen molar-refractivity contribution in [2.75, 3.05) is 6.61 Å². The Kier molecular flexibility index (Phi) is 5.98. The Bertz CT molecular complexity index is 829. The van der Waals surface area contributed by atoms with Crippen LogP contribution in [0.3, 0.4) is 0 Å². The van der Waals surface area contributed by atoms with Gasteiger partial charge in [0, 0.05) is 37.1 Å². The first-order valence-corrected chi connectivity index (χ1v) is 8.62. The van der Waals surface area contributed by atoms with E-state index in [0.29, 0.717) is 26.0 Å². The van der Waals surface area contributed by atoms with Crippen molar-refractivity contribution in [3.8, 4) is 11.6 Å². The largest absolute Gasteiger partial charge is 0.494 e. The van der Waals surface area contributed by atoms with Gasteiger partial charge in [0.25, 0.3) is 0 Å². The molecule has 0 aliphatic heterocycles. The van der Waals surface area contributed by atoms with E-state index in [-0.39, 0.29) is 5.91 Å². The number of ether oxygens (including phenoxy) is 1. The van der Waals surface area contributed by atoms with Gasteiger partial charge in [-0.05, 0) is 37.6 Å². The first-order chi connectivity index (χ1) is 12.7. The number of amides is 1. The number of aryl methyl sites for hydroxylation is 1. The molecule has 0 spiro atoms. The Balaban J connectivity index is 1.43. The van der Waals surface area contributed by atoms with Gasteiger partial charge < -0.3 is 10.1 Å². The van der Waals surface area contributed by atoms with Crippen LogP contribution in [0.4, 0.5) is 0 Å². The van der Waals surface area contributed by atoms with Crippen LogP contribution in [0, 0.1) is 6.92 Å². The molecule has 3 aromatic rings. The summed E-state index contributed by atoms with van der Waals surface area (Å²) in [5, 5.41) is 7.13. The fourth-order valence-electron chi connectivity index (χ4n) is 2.51. The third-order valence-corrected chi connectivity index (χ3v) is 3.90. The molecule has 3 rings (SSSR count). The molecule has 0 fully saturated rings. The first kappa shape index (κ1) is 17.7. The molecule has 0 aliphatic rings. The summed E-state index contributed by atoms with van der Waals surface area (Å²) in [6.07, 6.45) is 6.33. The third kappa shape index (κ3) is 4.92. The minimum atomic E-state index is -0.00669. The molecule has 1 amide bonds. The molecule has 1 aromatic carbocycles. The van der Waals surface area contributed by atoms with Gasteiger partial charge in [-0.15, -0.1) is 0 Å². The quantitative estimate of drug-likeness (QED) is 0.634. The van der Waals surface area contributed by atoms with Crippen LogP contribution in [0.25, 0.3) is 5.82 Å². The highest BCUT2D eigenvalue weighted by molar-refractivity contribution is 5.75. The van der Waals surface area contributed by atoms with Gasteiger partial charge in [0.05, 0.1) is 6.61 Å². The maximum absolute atomic E-state index is 12.1. The van der Waals surface area contributed by atoms with E-state index in [1.54, 1.807) is 17.1 Å². The molecule has 134 valence electrons. The van der Waals surface area contributed by atoms with Crippen LogP contribution in [0.5, 0.6) is 5.75 Å². The molecule has 6 heteroatoms. The molecule has 2 heterocycles.